The van der Waals surface area contributed by atoms with Crippen molar-refractivity contribution < 1.29 is 5.11 Å². The lowest BCUT2D eigenvalue weighted by molar-refractivity contribution is 0.359. The van der Waals surface area contributed by atoms with Crippen molar-refractivity contribution in [3.05, 3.63) is 57.9 Å². The molecule has 0 amide bonds. The summed E-state index contributed by atoms with van der Waals surface area (Å²) in [5.74, 6) is 0. The number of aromatic nitrogens is 2. The van der Waals surface area contributed by atoms with Gasteiger partial charge in [0, 0.05) is 20.9 Å². The highest BCUT2D eigenvalue weighted by Gasteiger charge is 2.10. The average molecular weight is 436 g/mol. The number of aliphatic hydroxyl groups excluding tert-OH is 1. The van der Waals surface area contributed by atoms with Crippen molar-refractivity contribution in [2.45, 2.75) is 0 Å². The smallest absolute Gasteiger partial charge is 0.137 e. The zero-order valence-corrected chi connectivity index (χ0v) is 14.9. The zero-order chi connectivity index (χ0) is 16.4. The van der Waals surface area contributed by atoms with Gasteiger partial charge in [-0.2, -0.15) is 0 Å². The maximum atomic E-state index is 8.89. The highest BCUT2D eigenvalue weighted by Crippen LogP contribution is 2.24. The van der Waals surface area contributed by atoms with E-state index in [1.54, 1.807) is 0 Å². The second-order valence-electron chi connectivity index (χ2n) is 4.81. The van der Waals surface area contributed by atoms with E-state index in [4.69, 9.17) is 15.9 Å². The van der Waals surface area contributed by atoms with Crippen molar-refractivity contribution in [3.8, 4) is 11.3 Å². The quantitative estimate of drug-likeness (QED) is 0.333. The van der Waals surface area contributed by atoms with E-state index < -0.39 is 0 Å². The molecule has 3 aromatic rings. The maximum absolute atomic E-state index is 8.89. The van der Waals surface area contributed by atoms with Gasteiger partial charge >= 0.3 is 0 Å². The van der Waals surface area contributed by atoms with Crippen molar-refractivity contribution in [2.24, 2.45) is 0 Å². The number of nitrogens with zero attached hydrogens (tertiary/aromatic N) is 2. The van der Waals surface area contributed by atoms with E-state index in [2.05, 4.69) is 33.6 Å². The number of hydrogen-bond donors (Lipinski definition) is 3. The van der Waals surface area contributed by atoms with E-state index in [9.17, 15) is 0 Å². The number of thioether (sulfide) groups is 1. The van der Waals surface area contributed by atoms with E-state index in [1.807, 2.05) is 47.1 Å². The minimum Gasteiger partial charge on any atom is -0.390 e. The van der Waals surface area contributed by atoms with Gasteiger partial charge in [0.25, 0.3) is 0 Å². The summed E-state index contributed by atoms with van der Waals surface area (Å²) in [6, 6.07) is 11.8. The number of fused-ring (bicyclic) bond motifs is 1. The number of halogens is 1. The molecule has 5 nitrogen and oxygen atoms in total. The van der Waals surface area contributed by atoms with Gasteiger partial charge in [0.1, 0.15) is 10.7 Å². The molecular formula is C16H13IN4OS. The topological polar surface area (TPSA) is 85.2 Å². The third kappa shape index (κ3) is 3.46. The summed E-state index contributed by atoms with van der Waals surface area (Å²) in [6.45, 7) is -0.352. The van der Waals surface area contributed by atoms with Gasteiger partial charge in [0.05, 0.1) is 23.5 Å². The fourth-order valence-electron chi connectivity index (χ4n) is 2.20. The van der Waals surface area contributed by atoms with Crippen LogP contribution in [0.15, 0.2) is 48.8 Å². The lowest BCUT2D eigenvalue weighted by Gasteiger charge is -2.06. The standard InChI is InChI=1S/C16H13IN4OS/c17-12-3-1-2-10(6-12)13-8-20-15-7-11(4-5-21(13)15)16(19)23-14(18)9-22/h1-8,18-19,22H,9H2. The summed E-state index contributed by atoms with van der Waals surface area (Å²) >= 11 is 3.23. The summed E-state index contributed by atoms with van der Waals surface area (Å²) in [5.41, 5.74) is 3.51. The fraction of sp³-hybridized carbons (Fsp3) is 0.0625. The molecule has 1 aromatic carbocycles. The predicted molar refractivity (Wildman–Crippen MR) is 103 cm³/mol. The Morgan fingerprint density at radius 2 is 2.09 bits per heavy atom. The summed E-state index contributed by atoms with van der Waals surface area (Å²) < 4.78 is 3.14. The number of benzene rings is 1. The van der Waals surface area contributed by atoms with Crippen LogP contribution in [0.5, 0.6) is 0 Å². The molecule has 0 spiro atoms. The molecule has 23 heavy (non-hydrogen) atoms. The largest absolute Gasteiger partial charge is 0.390 e. The Kier molecular flexibility index (Phi) is 4.79. The lowest BCUT2D eigenvalue weighted by atomic mass is 10.2. The molecule has 0 bridgehead atoms. The Morgan fingerprint density at radius 3 is 2.83 bits per heavy atom. The molecule has 0 unspecified atom stereocenters. The van der Waals surface area contributed by atoms with Crippen molar-refractivity contribution in [1.29, 1.82) is 10.8 Å². The van der Waals surface area contributed by atoms with Crippen LogP contribution in [0.3, 0.4) is 0 Å². The zero-order valence-electron chi connectivity index (χ0n) is 12.0. The summed E-state index contributed by atoms with van der Waals surface area (Å²) in [6.07, 6.45) is 3.70. The molecule has 0 atom stereocenters. The van der Waals surface area contributed by atoms with Gasteiger partial charge in [-0.15, -0.1) is 0 Å². The number of pyridine rings is 1. The van der Waals surface area contributed by atoms with Gasteiger partial charge < -0.3 is 5.11 Å². The normalized spacial score (nSPS) is 10.9. The molecule has 3 N–H and O–H groups in total. The summed E-state index contributed by atoms with van der Waals surface area (Å²) in [4.78, 5) is 4.42. The van der Waals surface area contributed by atoms with Gasteiger partial charge in [0.2, 0.25) is 0 Å². The van der Waals surface area contributed by atoms with Gasteiger partial charge in [-0.05, 0) is 46.9 Å². The van der Waals surface area contributed by atoms with E-state index in [1.165, 1.54) is 0 Å². The van der Waals surface area contributed by atoms with Crippen molar-refractivity contribution >= 4 is 50.1 Å². The third-order valence-corrected chi connectivity index (χ3v) is 4.75. The van der Waals surface area contributed by atoms with Crippen LogP contribution in [0.4, 0.5) is 0 Å². The van der Waals surface area contributed by atoms with Gasteiger partial charge in [0.15, 0.2) is 0 Å². The van der Waals surface area contributed by atoms with E-state index >= 15 is 0 Å². The predicted octanol–water partition coefficient (Wildman–Crippen LogP) is 3.63. The highest BCUT2D eigenvalue weighted by molar-refractivity contribution is 14.1. The minimum atomic E-state index is -0.352. The SMILES string of the molecule is N=C(CO)SC(=N)c1ccn2c(-c3cccc(I)c3)cnc2c1. The average Bonchev–Trinajstić information content (AvgIpc) is 2.97. The van der Waals surface area contributed by atoms with Crippen LogP contribution in [0.1, 0.15) is 5.56 Å². The first-order valence-corrected chi connectivity index (χ1v) is 8.66. The first-order chi connectivity index (χ1) is 11.1. The molecule has 2 aromatic heterocycles. The first kappa shape index (κ1) is 16.2. The third-order valence-electron chi connectivity index (χ3n) is 3.26. The monoisotopic (exact) mass is 436 g/mol. The molecule has 0 saturated heterocycles. The van der Waals surface area contributed by atoms with Crippen molar-refractivity contribution in [1.82, 2.24) is 9.38 Å². The Balaban J connectivity index is 1.97. The van der Waals surface area contributed by atoms with Crippen molar-refractivity contribution in [2.75, 3.05) is 6.61 Å². The first-order valence-electron chi connectivity index (χ1n) is 6.76. The second-order valence-corrected chi connectivity index (χ2v) is 7.16. The molecule has 3 rings (SSSR count). The molecule has 0 aliphatic carbocycles. The molecule has 0 aliphatic heterocycles. The van der Waals surface area contributed by atoms with Crippen LogP contribution in [0.25, 0.3) is 16.9 Å². The van der Waals surface area contributed by atoms with Crippen molar-refractivity contribution in [3.63, 3.8) is 0 Å². The van der Waals surface area contributed by atoms with Gasteiger partial charge in [-0.3, -0.25) is 15.2 Å². The molecule has 0 saturated carbocycles. The summed E-state index contributed by atoms with van der Waals surface area (Å²) in [7, 11) is 0. The molecule has 7 heteroatoms. The Morgan fingerprint density at radius 1 is 1.26 bits per heavy atom. The Bertz CT molecular complexity index is 906. The number of nitrogens with one attached hydrogen (secondary N) is 2. The molecule has 0 fully saturated rings. The summed E-state index contributed by atoms with van der Waals surface area (Å²) in [5, 5.41) is 24.7. The van der Waals surface area contributed by atoms with Crippen LogP contribution in [0.2, 0.25) is 0 Å². The van der Waals surface area contributed by atoms with Gasteiger partial charge in [-0.1, -0.05) is 23.9 Å². The van der Waals surface area contributed by atoms with Crippen LogP contribution < -0.4 is 0 Å². The Labute approximate surface area is 150 Å². The van der Waals surface area contributed by atoms with Gasteiger partial charge in [-0.25, -0.2) is 4.98 Å². The lowest BCUT2D eigenvalue weighted by Crippen LogP contribution is -2.04. The molecular weight excluding hydrogens is 423 g/mol. The number of aliphatic hydroxyl groups is 1. The van der Waals surface area contributed by atoms with E-state index in [0.29, 0.717) is 5.56 Å². The highest BCUT2D eigenvalue weighted by atomic mass is 127. The van der Waals surface area contributed by atoms with Crippen LogP contribution in [-0.4, -0.2) is 31.2 Å². The maximum Gasteiger partial charge on any atom is 0.137 e. The van der Waals surface area contributed by atoms with Crippen LogP contribution >= 0.6 is 34.4 Å². The Hall–Kier alpha value is -1.71. The number of hydrogen-bond acceptors (Lipinski definition) is 5. The minimum absolute atomic E-state index is 0.0535. The van der Waals surface area contributed by atoms with E-state index in [0.717, 1.165) is 32.2 Å². The number of rotatable bonds is 3. The van der Waals surface area contributed by atoms with Crippen LogP contribution in [-0.2, 0) is 0 Å². The second kappa shape index (κ2) is 6.81. The molecule has 0 radical (unpaired) electrons. The molecule has 116 valence electrons. The number of imidazole rings is 1. The van der Waals surface area contributed by atoms with E-state index in [-0.39, 0.29) is 16.7 Å². The fourth-order valence-corrected chi connectivity index (χ4v) is 3.30. The molecule has 0 aliphatic rings. The molecule has 2 heterocycles. The van der Waals surface area contributed by atoms with Crippen LogP contribution in [0, 0.1) is 14.4 Å².